The predicted molar refractivity (Wildman–Crippen MR) is 422 cm³/mol. The van der Waals surface area contributed by atoms with E-state index in [1.807, 2.05) is 6.07 Å². The zero-order chi connectivity index (χ0) is 66.2. The fourth-order valence-corrected chi connectivity index (χ4v) is 12.9. The Balaban J connectivity index is 0.964. The SMILES string of the molecule is C=C(/C=C\C(=C/C)N(c1ccccc1)c1ccc(-c2c(-c3ccccc3)c(-c3ccccc3)c(-c3ccc(N(c4ccccc4)c4ccc(/C=C/c5ccccc5)cc4)cc3)c3ccc(N(c4ccccc4)c4ccc(/C=C/c5ccccc5)cc4)cc23)cc1)/C=C/c1ccccc1. The summed E-state index contributed by atoms with van der Waals surface area (Å²) < 4.78 is 0. The molecule has 0 spiro atoms. The molecular formula is C95H73N3. The van der Waals surface area contributed by atoms with Crippen molar-refractivity contribution in [2.45, 2.75) is 6.92 Å². The van der Waals surface area contributed by atoms with Gasteiger partial charge in [-0.05, 0) is 199 Å². The number of fused-ring (bicyclic) bond motifs is 1. The molecule has 0 saturated carbocycles. The van der Waals surface area contributed by atoms with Crippen molar-refractivity contribution in [1.82, 2.24) is 0 Å². The van der Waals surface area contributed by atoms with Gasteiger partial charge in [-0.1, -0.05) is 316 Å². The van der Waals surface area contributed by atoms with Gasteiger partial charge in [0.15, 0.2) is 0 Å². The Bertz CT molecular complexity index is 5130. The fourth-order valence-electron chi connectivity index (χ4n) is 12.9. The Morgan fingerprint density at radius 3 is 0.959 bits per heavy atom. The molecule has 14 aromatic rings. The number of para-hydroxylation sites is 3. The molecule has 0 atom stereocenters. The molecule has 98 heavy (non-hydrogen) atoms. The van der Waals surface area contributed by atoms with E-state index < -0.39 is 0 Å². The summed E-state index contributed by atoms with van der Waals surface area (Å²) in [6, 6.07) is 129. The monoisotopic (exact) mass is 1260 g/mol. The highest BCUT2D eigenvalue weighted by Crippen LogP contribution is 2.53. The van der Waals surface area contributed by atoms with Crippen molar-refractivity contribution in [3.8, 4) is 44.5 Å². The third-order valence-corrected chi connectivity index (χ3v) is 17.7. The van der Waals surface area contributed by atoms with Crippen LogP contribution >= 0.6 is 0 Å². The van der Waals surface area contributed by atoms with Gasteiger partial charge in [0.1, 0.15) is 0 Å². The van der Waals surface area contributed by atoms with Gasteiger partial charge in [-0.25, -0.2) is 0 Å². The Hall–Kier alpha value is -12.8. The zero-order valence-corrected chi connectivity index (χ0v) is 54.8. The minimum Gasteiger partial charge on any atom is -0.311 e. The fraction of sp³-hybridized carbons (Fsp3) is 0.0105. The Morgan fingerprint density at radius 2 is 0.541 bits per heavy atom. The van der Waals surface area contributed by atoms with E-state index in [1.54, 1.807) is 0 Å². The van der Waals surface area contributed by atoms with Crippen LogP contribution in [0.3, 0.4) is 0 Å². The number of nitrogens with zero attached hydrogens (tertiary/aromatic N) is 3. The van der Waals surface area contributed by atoms with Crippen molar-refractivity contribution in [2.24, 2.45) is 0 Å². The average molecular weight is 1260 g/mol. The van der Waals surface area contributed by atoms with Gasteiger partial charge < -0.3 is 14.7 Å². The maximum Gasteiger partial charge on any atom is 0.0468 e. The number of rotatable bonds is 21. The summed E-state index contributed by atoms with van der Waals surface area (Å²) in [5.74, 6) is 0. The molecule has 0 N–H and O–H groups in total. The maximum absolute atomic E-state index is 4.43. The summed E-state index contributed by atoms with van der Waals surface area (Å²) in [5, 5.41) is 2.24. The second-order valence-electron chi connectivity index (χ2n) is 24.1. The van der Waals surface area contributed by atoms with E-state index in [9.17, 15) is 0 Å². The first-order valence-electron chi connectivity index (χ1n) is 33.4. The van der Waals surface area contributed by atoms with Gasteiger partial charge in [-0.2, -0.15) is 0 Å². The number of allylic oxidation sites excluding steroid dienone is 5. The minimum atomic E-state index is 0.895. The Morgan fingerprint density at radius 1 is 0.245 bits per heavy atom. The van der Waals surface area contributed by atoms with E-state index in [0.717, 1.165) is 134 Å². The van der Waals surface area contributed by atoms with E-state index in [0.29, 0.717) is 0 Å². The smallest absolute Gasteiger partial charge is 0.0468 e. The highest BCUT2D eigenvalue weighted by atomic mass is 15.2. The van der Waals surface area contributed by atoms with Gasteiger partial charge in [0, 0.05) is 51.2 Å². The van der Waals surface area contributed by atoms with Crippen molar-refractivity contribution in [1.29, 1.82) is 0 Å². The van der Waals surface area contributed by atoms with Crippen molar-refractivity contribution < 1.29 is 0 Å². The van der Waals surface area contributed by atoms with Crippen LogP contribution in [0.5, 0.6) is 0 Å². The number of hydrogen-bond acceptors (Lipinski definition) is 3. The lowest BCUT2D eigenvalue weighted by Crippen LogP contribution is -2.15. The molecule has 0 heterocycles. The molecular weight excluding hydrogens is 1180 g/mol. The number of anilines is 8. The first-order valence-corrected chi connectivity index (χ1v) is 33.4. The molecule has 0 aromatic heterocycles. The van der Waals surface area contributed by atoms with Crippen LogP contribution in [0.15, 0.2) is 400 Å². The Labute approximate surface area is 577 Å². The Kier molecular flexibility index (Phi) is 19.2. The van der Waals surface area contributed by atoms with Gasteiger partial charge in [0.05, 0.1) is 0 Å². The lowest BCUT2D eigenvalue weighted by Gasteiger charge is -2.29. The van der Waals surface area contributed by atoms with Gasteiger partial charge in [-0.15, -0.1) is 0 Å². The van der Waals surface area contributed by atoms with Gasteiger partial charge in [-0.3, -0.25) is 0 Å². The van der Waals surface area contributed by atoms with Gasteiger partial charge in [0.25, 0.3) is 0 Å². The van der Waals surface area contributed by atoms with Crippen LogP contribution in [0.4, 0.5) is 45.5 Å². The van der Waals surface area contributed by atoms with Crippen LogP contribution in [0, 0.1) is 0 Å². The van der Waals surface area contributed by atoms with Gasteiger partial charge in [0.2, 0.25) is 0 Å². The lowest BCUT2D eigenvalue weighted by molar-refractivity contribution is 1.20. The van der Waals surface area contributed by atoms with Crippen LogP contribution in [-0.2, 0) is 0 Å². The summed E-state index contributed by atoms with van der Waals surface area (Å²) in [6.45, 7) is 6.53. The summed E-state index contributed by atoms with van der Waals surface area (Å²) >= 11 is 0. The molecule has 0 radical (unpaired) electrons. The second-order valence-corrected chi connectivity index (χ2v) is 24.1. The summed E-state index contributed by atoms with van der Waals surface area (Å²) in [4.78, 5) is 7.06. The molecule has 0 unspecified atom stereocenters. The lowest BCUT2D eigenvalue weighted by atomic mass is 9.78. The van der Waals surface area contributed by atoms with Gasteiger partial charge >= 0.3 is 0 Å². The molecule has 0 aliphatic carbocycles. The van der Waals surface area contributed by atoms with E-state index in [4.69, 9.17) is 0 Å². The van der Waals surface area contributed by atoms with Crippen LogP contribution in [0.2, 0.25) is 0 Å². The zero-order valence-electron chi connectivity index (χ0n) is 54.8. The predicted octanol–water partition coefficient (Wildman–Crippen LogP) is 26.7. The van der Waals surface area contributed by atoms with E-state index in [1.165, 1.54) is 5.56 Å². The van der Waals surface area contributed by atoms with E-state index >= 15 is 0 Å². The molecule has 0 fully saturated rings. The van der Waals surface area contributed by atoms with E-state index in [2.05, 4.69) is 435 Å². The summed E-state index contributed by atoms with van der Waals surface area (Å²) in [5.41, 5.74) is 25.0. The second kappa shape index (κ2) is 30.1. The van der Waals surface area contributed by atoms with Crippen LogP contribution in [0.1, 0.15) is 34.7 Å². The van der Waals surface area contributed by atoms with Crippen molar-refractivity contribution >= 4 is 86.7 Å². The molecule has 0 saturated heterocycles. The van der Waals surface area contributed by atoms with Crippen LogP contribution in [0.25, 0.3) is 85.7 Å². The first kappa shape index (κ1) is 62.6. The first-order chi connectivity index (χ1) is 48.5. The molecule has 0 amide bonds. The molecule has 14 rings (SSSR count). The third kappa shape index (κ3) is 14.3. The molecule has 0 aliphatic rings. The topological polar surface area (TPSA) is 9.72 Å². The third-order valence-electron chi connectivity index (χ3n) is 17.7. The maximum atomic E-state index is 4.43. The molecule has 3 heteroatoms. The standard InChI is InChI=1S/C95H73N3/c1-3-81(59-45-71(2)44-46-72-28-12-4-13-29-72)96(82-38-22-9-23-39-82)87-64-57-80(58-65-87)93-91-70-89(98(84-42-26-11-27-43-84)86-62-53-76(54-63-86)50-48-74-32-16-6-17-33-74)68-69-90(91)92(94(77-34-18-7-19-35-77)95(93)78-36-20-8-21-37-78)79-55-66-88(67-56-79)97(83-40-24-10-25-41-83)85-60-51-75(52-61-85)49-47-73-30-14-5-15-31-73/h3-70H,2H2,1H3/b46-44+,49-47+,50-48+,59-45-,81-3+. The quantitative estimate of drug-likeness (QED) is 0.0524. The summed E-state index contributed by atoms with van der Waals surface area (Å²) in [6.07, 6.45) is 19.3. The highest BCUT2D eigenvalue weighted by Gasteiger charge is 2.27. The molecule has 0 aliphatic heterocycles. The highest BCUT2D eigenvalue weighted by molar-refractivity contribution is 6.19. The largest absolute Gasteiger partial charge is 0.311 e. The van der Waals surface area contributed by atoms with Crippen molar-refractivity contribution in [2.75, 3.05) is 14.7 Å². The van der Waals surface area contributed by atoms with E-state index in [-0.39, 0.29) is 0 Å². The molecule has 14 aromatic carbocycles. The minimum absolute atomic E-state index is 0.895. The summed E-state index contributed by atoms with van der Waals surface area (Å²) in [7, 11) is 0. The van der Waals surface area contributed by atoms with Crippen LogP contribution in [-0.4, -0.2) is 0 Å². The van der Waals surface area contributed by atoms with Crippen molar-refractivity contribution in [3.05, 3.63) is 428 Å². The molecule has 0 bridgehead atoms. The molecule has 3 nitrogen and oxygen atoms in total. The average Bonchev–Trinajstić information content (AvgIpc) is 0.720. The number of benzene rings is 14. The van der Waals surface area contributed by atoms with Crippen LogP contribution < -0.4 is 14.7 Å². The number of hydrogen-bond donors (Lipinski definition) is 0. The normalized spacial score (nSPS) is 11.7. The molecule has 468 valence electrons. The van der Waals surface area contributed by atoms with Crippen molar-refractivity contribution in [3.63, 3.8) is 0 Å².